The number of rotatable bonds is 4. The van der Waals surface area contributed by atoms with Gasteiger partial charge in [-0.05, 0) is 50.6 Å². The minimum Gasteiger partial charge on any atom is -0.491 e. The molecule has 0 atom stereocenters. The summed E-state index contributed by atoms with van der Waals surface area (Å²) in [7, 11) is 1.93. The maximum Gasteiger partial charge on any atom is 0.328 e. The Hall–Kier alpha value is -2.23. The van der Waals surface area contributed by atoms with E-state index in [9.17, 15) is 4.79 Å². The lowest BCUT2D eigenvalue weighted by Crippen LogP contribution is -2.05. The van der Waals surface area contributed by atoms with Gasteiger partial charge in [-0.15, -0.1) is 0 Å². The van der Waals surface area contributed by atoms with Gasteiger partial charge in [-0.2, -0.15) is 0 Å². The number of hydrogen-bond acceptors (Lipinski definition) is 2. The van der Waals surface area contributed by atoms with Crippen LogP contribution in [0.1, 0.15) is 25.1 Å². The molecule has 0 aliphatic rings. The molecule has 0 bridgehead atoms. The highest BCUT2D eigenvalue weighted by molar-refractivity contribution is 5.91. The van der Waals surface area contributed by atoms with Crippen molar-refractivity contribution < 1.29 is 14.6 Å². The fourth-order valence-electron chi connectivity index (χ4n) is 2.36. The molecule has 20 heavy (non-hydrogen) atoms. The molecule has 0 aliphatic carbocycles. The van der Waals surface area contributed by atoms with E-state index < -0.39 is 5.97 Å². The lowest BCUT2D eigenvalue weighted by atomic mass is 10.1. The fourth-order valence-corrected chi connectivity index (χ4v) is 2.36. The molecule has 106 valence electrons. The molecule has 0 amide bonds. The number of benzene rings is 1. The minimum absolute atomic E-state index is 0.128. The molecule has 0 fully saturated rings. The number of nitrogens with zero attached hydrogens (tertiary/aromatic N) is 1. The van der Waals surface area contributed by atoms with E-state index in [0.717, 1.165) is 34.0 Å². The molecule has 0 spiro atoms. The van der Waals surface area contributed by atoms with E-state index in [2.05, 4.69) is 0 Å². The molecular formula is C16H19NO3. The van der Waals surface area contributed by atoms with Crippen molar-refractivity contribution in [3.63, 3.8) is 0 Å². The third-order valence-corrected chi connectivity index (χ3v) is 3.23. The Bertz CT molecular complexity index is 681. The third kappa shape index (κ3) is 2.69. The summed E-state index contributed by atoms with van der Waals surface area (Å²) < 4.78 is 7.69. The first-order valence-electron chi connectivity index (χ1n) is 6.57. The molecule has 0 aliphatic heterocycles. The van der Waals surface area contributed by atoms with Crippen molar-refractivity contribution in [1.82, 2.24) is 4.57 Å². The van der Waals surface area contributed by atoms with Gasteiger partial charge in [0, 0.05) is 29.7 Å². The Labute approximate surface area is 118 Å². The third-order valence-electron chi connectivity index (χ3n) is 3.23. The summed E-state index contributed by atoms with van der Waals surface area (Å²) in [5, 5.41) is 9.84. The lowest BCUT2D eigenvalue weighted by Gasteiger charge is -2.09. The van der Waals surface area contributed by atoms with Crippen molar-refractivity contribution >= 4 is 22.9 Å². The molecule has 0 radical (unpaired) electrons. The van der Waals surface area contributed by atoms with E-state index >= 15 is 0 Å². The summed E-state index contributed by atoms with van der Waals surface area (Å²) in [6.07, 6.45) is 2.91. The van der Waals surface area contributed by atoms with Crippen LogP contribution >= 0.6 is 0 Å². The average Bonchev–Trinajstić information content (AvgIpc) is 2.59. The maximum atomic E-state index is 10.7. The Morgan fingerprint density at radius 3 is 2.70 bits per heavy atom. The number of fused-ring (bicyclic) bond motifs is 1. The first-order valence-corrected chi connectivity index (χ1v) is 6.57. The number of carbonyl (C=O) groups is 1. The molecule has 2 rings (SSSR count). The summed E-state index contributed by atoms with van der Waals surface area (Å²) in [4.78, 5) is 10.7. The second-order valence-corrected chi connectivity index (χ2v) is 5.09. The van der Waals surface area contributed by atoms with Gasteiger partial charge in [0.2, 0.25) is 0 Å². The summed E-state index contributed by atoms with van der Waals surface area (Å²) >= 11 is 0. The predicted molar refractivity (Wildman–Crippen MR) is 80.1 cm³/mol. The van der Waals surface area contributed by atoms with Gasteiger partial charge >= 0.3 is 5.97 Å². The first-order chi connectivity index (χ1) is 9.40. The molecular weight excluding hydrogens is 254 g/mol. The highest BCUT2D eigenvalue weighted by Gasteiger charge is 2.11. The largest absolute Gasteiger partial charge is 0.491 e. The van der Waals surface area contributed by atoms with Crippen LogP contribution in [0.25, 0.3) is 17.0 Å². The monoisotopic (exact) mass is 273 g/mol. The lowest BCUT2D eigenvalue weighted by molar-refractivity contribution is -0.131. The zero-order chi connectivity index (χ0) is 14.9. The van der Waals surface area contributed by atoms with Crippen LogP contribution in [0.2, 0.25) is 0 Å². The van der Waals surface area contributed by atoms with Crippen LogP contribution in [-0.2, 0) is 11.8 Å². The SMILES string of the molecule is Cc1c(/C=C/C(=O)O)n(C)c2ccc(OC(C)C)cc12. The van der Waals surface area contributed by atoms with Crippen LogP contribution in [0.15, 0.2) is 24.3 Å². The normalized spacial score (nSPS) is 11.7. The van der Waals surface area contributed by atoms with Gasteiger partial charge in [-0.3, -0.25) is 0 Å². The molecule has 1 N–H and O–H groups in total. The van der Waals surface area contributed by atoms with E-state index in [-0.39, 0.29) is 6.10 Å². The fraction of sp³-hybridized carbons (Fsp3) is 0.312. The minimum atomic E-state index is -0.946. The molecule has 0 saturated carbocycles. The van der Waals surface area contributed by atoms with Crippen molar-refractivity contribution in [2.24, 2.45) is 7.05 Å². The molecule has 1 aromatic carbocycles. The molecule has 1 aromatic heterocycles. The van der Waals surface area contributed by atoms with E-state index in [4.69, 9.17) is 9.84 Å². The maximum absolute atomic E-state index is 10.7. The van der Waals surface area contributed by atoms with Crippen molar-refractivity contribution in [3.05, 3.63) is 35.5 Å². The quantitative estimate of drug-likeness (QED) is 0.869. The summed E-state index contributed by atoms with van der Waals surface area (Å²) in [6, 6.07) is 5.94. The van der Waals surface area contributed by atoms with Gasteiger partial charge in [0.1, 0.15) is 5.75 Å². The van der Waals surface area contributed by atoms with Gasteiger partial charge in [0.15, 0.2) is 0 Å². The van der Waals surface area contributed by atoms with Gasteiger partial charge in [0.25, 0.3) is 0 Å². The Morgan fingerprint density at radius 1 is 1.40 bits per heavy atom. The topological polar surface area (TPSA) is 51.5 Å². The van der Waals surface area contributed by atoms with E-state index in [1.807, 2.05) is 50.6 Å². The van der Waals surface area contributed by atoms with Crippen LogP contribution in [0.4, 0.5) is 0 Å². The second kappa shape index (κ2) is 5.41. The molecule has 4 heteroatoms. The van der Waals surface area contributed by atoms with Gasteiger partial charge in [-0.1, -0.05) is 0 Å². The molecule has 4 nitrogen and oxygen atoms in total. The van der Waals surface area contributed by atoms with Crippen LogP contribution in [0.3, 0.4) is 0 Å². The van der Waals surface area contributed by atoms with Gasteiger partial charge in [-0.25, -0.2) is 4.79 Å². The van der Waals surface area contributed by atoms with E-state index in [0.29, 0.717) is 0 Å². The number of ether oxygens (including phenoxy) is 1. The second-order valence-electron chi connectivity index (χ2n) is 5.09. The van der Waals surface area contributed by atoms with Crippen LogP contribution in [-0.4, -0.2) is 21.7 Å². The van der Waals surface area contributed by atoms with E-state index in [1.165, 1.54) is 0 Å². The number of aryl methyl sites for hydroxylation is 2. The van der Waals surface area contributed by atoms with Crippen molar-refractivity contribution in [1.29, 1.82) is 0 Å². The number of aliphatic carboxylic acids is 1. The van der Waals surface area contributed by atoms with Crippen molar-refractivity contribution in [2.75, 3.05) is 0 Å². The van der Waals surface area contributed by atoms with Crippen LogP contribution in [0, 0.1) is 6.92 Å². The summed E-state index contributed by atoms with van der Waals surface area (Å²) in [5.41, 5.74) is 3.00. The number of hydrogen-bond donors (Lipinski definition) is 1. The van der Waals surface area contributed by atoms with Crippen molar-refractivity contribution in [2.45, 2.75) is 26.9 Å². The Balaban J connectivity index is 2.54. The zero-order valence-electron chi connectivity index (χ0n) is 12.2. The highest BCUT2D eigenvalue weighted by atomic mass is 16.5. The first kappa shape index (κ1) is 14.2. The Morgan fingerprint density at radius 2 is 2.10 bits per heavy atom. The van der Waals surface area contributed by atoms with Crippen LogP contribution in [0.5, 0.6) is 5.75 Å². The number of carboxylic acid groups (broad SMARTS) is 1. The molecule has 0 unspecified atom stereocenters. The highest BCUT2D eigenvalue weighted by Crippen LogP contribution is 2.29. The zero-order valence-corrected chi connectivity index (χ0v) is 12.2. The number of aromatic nitrogens is 1. The van der Waals surface area contributed by atoms with E-state index in [1.54, 1.807) is 6.08 Å². The van der Waals surface area contributed by atoms with Crippen LogP contribution < -0.4 is 4.74 Å². The molecule has 2 aromatic rings. The molecule has 0 saturated heterocycles. The van der Waals surface area contributed by atoms with Gasteiger partial charge < -0.3 is 14.4 Å². The van der Waals surface area contributed by atoms with Gasteiger partial charge in [0.05, 0.1) is 6.10 Å². The standard InChI is InChI=1S/C16H19NO3/c1-10(2)20-12-5-6-15-13(9-12)11(3)14(17(15)4)7-8-16(18)19/h5-10H,1-4H3,(H,18,19)/b8-7+. The van der Waals surface area contributed by atoms with Crippen molar-refractivity contribution in [3.8, 4) is 5.75 Å². The average molecular weight is 273 g/mol. The summed E-state index contributed by atoms with van der Waals surface area (Å²) in [5.74, 6) is -0.117. The number of carboxylic acids is 1. The Kier molecular flexibility index (Phi) is 3.84. The predicted octanol–water partition coefficient (Wildman–Crippen LogP) is 3.37. The summed E-state index contributed by atoms with van der Waals surface area (Å²) in [6.45, 7) is 5.97. The smallest absolute Gasteiger partial charge is 0.328 e. The molecule has 1 heterocycles.